The zero-order chi connectivity index (χ0) is 12.3. The van der Waals surface area contributed by atoms with Gasteiger partial charge in [0.1, 0.15) is 0 Å². The Bertz CT molecular complexity index is 414. The van der Waals surface area contributed by atoms with Crippen LogP contribution in [0.15, 0.2) is 18.2 Å². The fourth-order valence-corrected chi connectivity index (χ4v) is 1.75. The second kappa shape index (κ2) is 5.05. The van der Waals surface area contributed by atoms with Crippen molar-refractivity contribution in [2.45, 2.75) is 6.92 Å². The van der Waals surface area contributed by atoms with Crippen LogP contribution in [-0.2, 0) is 4.74 Å². The van der Waals surface area contributed by atoms with Gasteiger partial charge in [-0.05, 0) is 24.6 Å². The Morgan fingerprint density at radius 1 is 1.41 bits per heavy atom. The van der Waals surface area contributed by atoms with Crippen molar-refractivity contribution in [3.63, 3.8) is 0 Å². The number of anilines is 2. The van der Waals surface area contributed by atoms with E-state index in [9.17, 15) is 4.79 Å². The molecule has 0 saturated carbocycles. The lowest BCUT2D eigenvalue weighted by Crippen LogP contribution is -2.43. The van der Waals surface area contributed by atoms with E-state index in [-0.39, 0.29) is 6.03 Å². The summed E-state index contributed by atoms with van der Waals surface area (Å²) in [5.74, 6) is 0. The molecule has 2 amide bonds. The number of carbonyl (C=O) groups excluding carboxylic acids is 1. The van der Waals surface area contributed by atoms with Gasteiger partial charge in [0, 0.05) is 24.5 Å². The first-order chi connectivity index (χ1) is 8.18. The molecular formula is C12H17N3O2. The molecule has 1 saturated heterocycles. The molecule has 1 aliphatic rings. The van der Waals surface area contributed by atoms with Crippen molar-refractivity contribution in [2.75, 3.05) is 37.4 Å². The minimum Gasteiger partial charge on any atom is -0.398 e. The van der Waals surface area contributed by atoms with Gasteiger partial charge < -0.3 is 20.7 Å². The highest BCUT2D eigenvalue weighted by Gasteiger charge is 2.17. The van der Waals surface area contributed by atoms with Crippen LogP contribution >= 0.6 is 0 Å². The Morgan fingerprint density at radius 2 is 2.12 bits per heavy atom. The molecule has 1 aliphatic heterocycles. The van der Waals surface area contributed by atoms with Gasteiger partial charge in [0.25, 0.3) is 0 Å². The quantitative estimate of drug-likeness (QED) is 0.724. The third-order valence-electron chi connectivity index (χ3n) is 2.92. The van der Waals surface area contributed by atoms with Crippen LogP contribution < -0.4 is 11.1 Å². The monoisotopic (exact) mass is 235 g/mol. The molecule has 1 heterocycles. The van der Waals surface area contributed by atoms with Crippen molar-refractivity contribution >= 4 is 17.4 Å². The number of morpholine rings is 1. The Labute approximate surface area is 101 Å². The zero-order valence-corrected chi connectivity index (χ0v) is 9.90. The first-order valence-electron chi connectivity index (χ1n) is 5.67. The summed E-state index contributed by atoms with van der Waals surface area (Å²) in [7, 11) is 0. The molecule has 0 unspecified atom stereocenters. The average Bonchev–Trinajstić information content (AvgIpc) is 2.36. The van der Waals surface area contributed by atoms with E-state index in [4.69, 9.17) is 10.5 Å². The summed E-state index contributed by atoms with van der Waals surface area (Å²) in [5, 5.41) is 2.87. The van der Waals surface area contributed by atoms with Crippen LogP contribution in [0.2, 0.25) is 0 Å². The van der Waals surface area contributed by atoms with E-state index in [0.717, 1.165) is 11.3 Å². The predicted molar refractivity (Wildman–Crippen MR) is 67.0 cm³/mol. The van der Waals surface area contributed by atoms with Crippen LogP contribution in [0, 0.1) is 6.92 Å². The molecule has 92 valence electrons. The van der Waals surface area contributed by atoms with E-state index in [1.165, 1.54) is 0 Å². The van der Waals surface area contributed by atoms with E-state index in [0.29, 0.717) is 32.0 Å². The number of urea groups is 1. The first-order valence-corrected chi connectivity index (χ1v) is 5.67. The SMILES string of the molecule is Cc1c(N)cccc1NC(=O)N1CCOCC1. The van der Waals surface area contributed by atoms with E-state index in [1.54, 1.807) is 4.90 Å². The third-order valence-corrected chi connectivity index (χ3v) is 2.92. The molecule has 3 N–H and O–H groups in total. The van der Waals surface area contributed by atoms with Gasteiger partial charge in [0.2, 0.25) is 0 Å². The molecule has 0 spiro atoms. The Morgan fingerprint density at radius 3 is 2.82 bits per heavy atom. The van der Waals surface area contributed by atoms with Crippen molar-refractivity contribution < 1.29 is 9.53 Å². The van der Waals surface area contributed by atoms with Crippen molar-refractivity contribution in [3.05, 3.63) is 23.8 Å². The van der Waals surface area contributed by atoms with E-state index in [2.05, 4.69) is 5.32 Å². The molecular weight excluding hydrogens is 218 g/mol. The van der Waals surface area contributed by atoms with Crippen molar-refractivity contribution in [1.82, 2.24) is 4.90 Å². The van der Waals surface area contributed by atoms with Crippen molar-refractivity contribution in [1.29, 1.82) is 0 Å². The summed E-state index contributed by atoms with van der Waals surface area (Å²) < 4.78 is 5.20. The fourth-order valence-electron chi connectivity index (χ4n) is 1.75. The number of nitrogens with two attached hydrogens (primary N) is 1. The average molecular weight is 235 g/mol. The minimum absolute atomic E-state index is 0.0954. The molecule has 0 aliphatic carbocycles. The van der Waals surface area contributed by atoms with Crippen LogP contribution in [0.1, 0.15) is 5.56 Å². The topological polar surface area (TPSA) is 67.6 Å². The highest BCUT2D eigenvalue weighted by atomic mass is 16.5. The zero-order valence-electron chi connectivity index (χ0n) is 9.90. The van der Waals surface area contributed by atoms with Gasteiger partial charge in [-0.15, -0.1) is 0 Å². The number of nitrogen functional groups attached to an aromatic ring is 1. The van der Waals surface area contributed by atoms with Gasteiger partial charge in [0.15, 0.2) is 0 Å². The molecule has 1 fully saturated rings. The maximum absolute atomic E-state index is 11.9. The Hall–Kier alpha value is -1.75. The molecule has 0 atom stereocenters. The van der Waals surface area contributed by atoms with Crippen LogP contribution in [0.25, 0.3) is 0 Å². The second-order valence-corrected chi connectivity index (χ2v) is 4.05. The predicted octanol–water partition coefficient (Wildman–Crippen LogP) is 1.44. The largest absolute Gasteiger partial charge is 0.398 e. The van der Waals surface area contributed by atoms with E-state index in [1.807, 2.05) is 25.1 Å². The summed E-state index contributed by atoms with van der Waals surface area (Å²) in [6.45, 7) is 4.36. The van der Waals surface area contributed by atoms with E-state index >= 15 is 0 Å². The van der Waals surface area contributed by atoms with Gasteiger partial charge in [0.05, 0.1) is 13.2 Å². The normalized spacial score (nSPS) is 15.7. The van der Waals surface area contributed by atoms with Crippen LogP contribution in [0.3, 0.4) is 0 Å². The standard InChI is InChI=1S/C12H17N3O2/c1-9-10(13)3-2-4-11(9)14-12(16)15-5-7-17-8-6-15/h2-4H,5-8,13H2,1H3,(H,14,16). The Kier molecular flexibility index (Phi) is 3.49. The summed E-state index contributed by atoms with van der Waals surface area (Å²) in [6, 6.07) is 5.41. The number of rotatable bonds is 1. The van der Waals surface area contributed by atoms with Gasteiger partial charge in [-0.25, -0.2) is 4.79 Å². The number of benzene rings is 1. The van der Waals surface area contributed by atoms with Gasteiger partial charge >= 0.3 is 6.03 Å². The van der Waals surface area contributed by atoms with Crippen molar-refractivity contribution in [2.24, 2.45) is 0 Å². The molecule has 0 bridgehead atoms. The van der Waals surface area contributed by atoms with Crippen LogP contribution in [-0.4, -0.2) is 37.2 Å². The summed E-state index contributed by atoms with van der Waals surface area (Å²) in [6.07, 6.45) is 0. The molecule has 5 heteroatoms. The van der Waals surface area contributed by atoms with Gasteiger partial charge in [-0.3, -0.25) is 0 Å². The number of nitrogens with one attached hydrogen (secondary N) is 1. The molecule has 5 nitrogen and oxygen atoms in total. The molecule has 17 heavy (non-hydrogen) atoms. The summed E-state index contributed by atoms with van der Waals surface area (Å²) >= 11 is 0. The smallest absolute Gasteiger partial charge is 0.322 e. The third kappa shape index (κ3) is 2.68. The molecule has 1 aromatic carbocycles. The molecule has 2 rings (SSSR count). The highest BCUT2D eigenvalue weighted by molar-refractivity contribution is 5.91. The maximum Gasteiger partial charge on any atom is 0.322 e. The first kappa shape index (κ1) is 11.7. The molecule has 0 aromatic heterocycles. The number of ether oxygens (including phenoxy) is 1. The molecule has 1 aromatic rings. The lowest BCUT2D eigenvalue weighted by molar-refractivity contribution is 0.0564. The number of carbonyl (C=O) groups is 1. The number of amides is 2. The van der Waals surface area contributed by atoms with Crippen molar-refractivity contribution in [3.8, 4) is 0 Å². The van der Waals surface area contributed by atoms with Crippen LogP contribution in [0.5, 0.6) is 0 Å². The fraction of sp³-hybridized carbons (Fsp3) is 0.417. The lowest BCUT2D eigenvalue weighted by Gasteiger charge is -2.27. The number of hydrogen-bond donors (Lipinski definition) is 2. The second-order valence-electron chi connectivity index (χ2n) is 4.05. The van der Waals surface area contributed by atoms with E-state index < -0.39 is 0 Å². The minimum atomic E-state index is -0.0954. The summed E-state index contributed by atoms with van der Waals surface area (Å²) in [4.78, 5) is 13.7. The maximum atomic E-state index is 11.9. The highest BCUT2D eigenvalue weighted by Crippen LogP contribution is 2.20. The van der Waals surface area contributed by atoms with Gasteiger partial charge in [-0.2, -0.15) is 0 Å². The lowest BCUT2D eigenvalue weighted by atomic mass is 10.1. The number of nitrogens with zero attached hydrogens (tertiary/aromatic N) is 1. The van der Waals surface area contributed by atoms with Gasteiger partial charge in [-0.1, -0.05) is 6.07 Å². The number of hydrogen-bond acceptors (Lipinski definition) is 3. The molecule has 0 radical (unpaired) electrons. The van der Waals surface area contributed by atoms with Crippen LogP contribution in [0.4, 0.5) is 16.2 Å². The Balaban J connectivity index is 2.04. The summed E-state index contributed by atoms with van der Waals surface area (Å²) in [5.41, 5.74) is 8.14.